The summed E-state index contributed by atoms with van der Waals surface area (Å²) in [5, 5.41) is 8.87. The van der Waals surface area contributed by atoms with Gasteiger partial charge in [0.15, 0.2) is 0 Å². The zero-order valence-electron chi connectivity index (χ0n) is 18.9. The first-order valence-electron chi connectivity index (χ1n) is 10.9. The molecule has 1 unspecified atom stereocenters. The van der Waals surface area contributed by atoms with E-state index in [4.69, 9.17) is 4.74 Å². The highest BCUT2D eigenvalue weighted by molar-refractivity contribution is 6.00. The van der Waals surface area contributed by atoms with Crippen molar-refractivity contribution in [1.82, 2.24) is 15.3 Å². The Bertz CT molecular complexity index is 1190. The standard InChI is InChI=1S/C25H27N5O3/c1-15(19-7-6-18(25(32)26-2)11-22(19)33-3)8-9-27-23-13-20(28-14-29-23)16-4-5-17-12-24(31)30-21(17)10-16/h4-7,10-11,13-15H,8-9,12H2,1-3H3,(H,26,32)(H,30,31)(H,27,28,29). The molecule has 170 valence electrons. The number of carbonyl (C=O) groups excluding carboxylic acids is 2. The van der Waals surface area contributed by atoms with Crippen molar-refractivity contribution in [2.75, 3.05) is 31.3 Å². The van der Waals surface area contributed by atoms with Crippen molar-refractivity contribution in [3.05, 3.63) is 65.5 Å². The first-order chi connectivity index (χ1) is 16.0. The van der Waals surface area contributed by atoms with Crippen LogP contribution in [0, 0.1) is 0 Å². The van der Waals surface area contributed by atoms with Crippen molar-refractivity contribution in [3.63, 3.8) is 0 Å². The maximum atomic E-state index is 11.9. The van der Waals surface area contributed by atoms with Crippen LogP contribution >= 0.6 is 0 Å². The molecule has 8 nitrogen and oxygen atoms in total. The van der Waals surface area contributed by atoms with Crippen molar-refractivity contribution >= 4 is 23.3 Å². The summed E-state index contributed by atoms with van der Waals surface area (Å²) in [5.41, 5.74) is 5.19. The minimum Gasteiger partial charge on any atom is -0.496 e. The number of rotatable bonds is 8. The maximum Gasteiger partial charge on any atom is 0.251 e. The van der Waals surface area contributed by atoms with Crippen LogP contribution in [0.1, 0.15) is 40.7 Å². The molecule has 1 aliphatic rings. The molecule has 4 rings (SSSR count). The predicted molar refractivity (Wildman–Crippen MR) is 128 cm³/mol. The van der Waals surface area contributed by atoms with Crippen LogP contribution in [0.4, 0.5) is 11.5 Å². The number of ether oxygens (including phenoxy) is 1. The average Bonchev–Trinajstić information content (AvgIpc) is 3.22. The molecule has 1 atom stereocenters. The van der Waals surface area contributed by atoms with Gasteiger partial charge in [-0.05, 0) is 41.7 Å². The molecular formula is C25H27N5O3. The van der Waals surface area contributed by atoms with Gasteiger partial charge in [-0.25, -0.2) is 9.97 Å². The Morgan fingerprint density at radius 3 is 2.82 bits per heavy atom. The molecule has 1 aromatic heterocycles. The van der Waals surface area contributed by atoms with Crippen molar-refractivity contribution < 1.29 is 14.3 Å². The highest BCUT2D eigenvalue weighted by Gasteiger charge is 2.18. The van der Waals surface area contributed by atoms with Gasteiger partial charge >= 0.3 is 0 Å². The Morgan fingerprint density at radius 2 is 2.03 bits per heavy atom. The topological polar surface area (TPSA) is 105 Å². The van der Waals surface area contributed by atoms with E-state index >= 15 is 0 Å². The van der Waals surface area contributed by atoms with Gasteiger partial charge < -0.3 is 20.7 Å². The number of hydrogen-bond donors (Lipinski definition) is 3. The zero-order chi connectivity index (χ0) is 23.4. The third-order valence-electron chi connectivity index (χ3n) is 5.83. The molecule has 2 amide bonds. The molecule has 0 saturated heterocycles. The number of aromatic nitrogens is 2. The van der Waals surface area contributed by atoms with Gasteiger partial charge in [0.25, 0.3) is 5.91 Å². The van der Waals surface area contributed by atoms with Crippen LogP contribution in [0.5, 0.6) is 5.75 Å². The van der Waals surface area contributed by atoms with Gasteiger partial charge in [-0.2, -0.15) is 0 Å². The van der Waals surface area contributed by atoms with Crippen molar-refractivity contribution in [3.8, 4) is 17.0 Å². The van der Waals surface area contributed by atoms with Crippen molar-refractivity contribution in [2.24, 2.45) is 0 Å². The fraction of sp³-hybridized carbons (Fsp3) is 0.280. The van der Waals surface area contributed by atoms with Crippen LogP contribution < -0.4 is 20.7 Å². The molecule has 8 heteroatoms. The van der Waals surface area contributed by atoms with Gasteiger partial charge in [0.05, 0.1) is 19.2 Å². The Hall–Kier alpha value is -3.94. The molecule has 33 heavy (non-hydrogen) atoms. The SMILES string of the molecule is CNC(=O)c1ccc(C(C)CCNc2cc(-c3ccc4c(c3)NC(=O)C4)ncn2)c(OC)c1. The molecular weight excluding hydrogens is 418 g/mol. The largest absolute Gasteiger partial charge is 0.496 e. The lowest BCUT2D eigenvalue weighted by molar-refractivity contribution is -0.115. The number of nitrogens with one attached hydrogen (secondary N) is 3. The number of methoxy groups -OCH3 is 1. The quantitative estimate of drug-likeness (QED) is 0.489. The number of carbonyl (C=O) groups is 2. The first kappa shape index (κ1) is 22.3. The van der Waals surface area contributed by atoms with Crippen LogP contribution in [0.25, 0.3) is 11.3 Å². The van der Waals surface area contributed by atoms with Gasteiger partial charge in [0.2, 0.25) is 5.91 Å². The molecule has 3 N–H and O–H groups in total. The fourth-order valence-corrected chi connectivity index (χ4v) is 3.96. The monoisotopic (exact) mass is 445 g/mol. The third kappa shape index (κ3) is 4.95. The van der Waals surface area contributed by atoms with E-state index in [0.717, 1.165) is 40.3 Å². The van der Waals surface area contributed by atoms with Gasteiger partial charge in [-0.1, -0.05) is 25.1 Å². The second kappa shape index (κ2) is 9.68. The number of nitrogens with zero attached hydrogens (tertiary/aromatic N) is 2. The lowest BCUT2D eigenvalue weighted by Gasteiger charge is -2.17. The maximum absolute atomic E-state index is 11.9. The molecule has 3 aromatic rings. The van der Waals surface area contributed by atoms with Crippen LogP contribution in [-0.2, 0) is 11.2 Å². The summed E-state index contributed by atoms with van der Waals surface area (Å²) < 4.78 is 5.52. The van der Waals surface area contributed by atoms with Crippen molar-refractivity contribution in [1.29, 1.82) is 0 Å². The number of benzene rings is 2. The summed E-state index contributed by atoms with van der Waals surface area (Å²) >= 11 is 0. The zero-order valence-corrected chi connectivity index (χ0v) is 18.9. The van der Waals surface area contributed by atoms with Crippen LogP contribution in [0.3, 0.4) is 0 Å². The third-order valence-corrected chi connectivity index (χ3v) is 5.83. The summed E-state index contributed by atoms with van der Waals surface area (Å²) in [7, 11) is 3.22. The van der Waals surface area contributed by atoms with Crippen LogP contribution in [0.2, 0.25) is 0 Å². The minimum atomic E-state index is -0.139. The van der Waals surface area contributed by atoms with Gasteiger partial charge in [0, 0.05) is 36.5 Å². The summed E-state index contributed by atoms with van der Waals surface area (Å²) in [6.07, 6.45) is 2.80. The Labute approximate surface area is 192 Å². The van der Waals surface area contributed by atoms with E-state index in [1.807, 2.05) is 36.4 Å². The van der Waals surface area contributed by atoms with E-state index in [0.29, 0.717) is 24.3 Å². The first-order valence-corrected chi connectivity index (χ1v) is 10.9. The normalized spacial score (nSPS) is 13.1. The number of amides is 2. The van der Waals surface area contributed by atoms with E-state index in [1.54, 1.807) is 20.2 Å². The van der Waals surface area contributed by atoms with Gasteiger partial charge in [0.1, 0.15) is 17.9 Å². The Balaban J connectivity index is 1.40. The summed E-state index contributed by atoms with van der Waals surface area (Å²) in [6.45, 7) is 2.83. The van der Waals surface area contributed by atoms with Crippen LogP contribution in [0.15, 0.2) is 48.8 Å². The van der Waals surface area contributed by atoms with Gasteiger partial charge in [-0.15, -0.1) is 0 Å². The molecule has 0 fully saturated rings. The van der Waals surface area contributed by atoms with E-state index in [9.17, 15) is 9.59 Å². The van der Waals surface area contributed by atoms with E-state index in [-0.39, 0.29) is 17.7 Å². The fourth-order valence-electron chi connectivity index (χ4n) is 3.96. The predicted octanol–water partition coefficient (Wildman–Crippen LogP) is 3.61. The minimum absolute atomic E-state index is 0.0150. The smallest absolute Gasteiger partial charge is 0.251 e. The molecule has 2 heterocycles. The lowest BCUT2D eigenvalue weighted by atomic mass is 9.95. The van der Waals surface area contributed by atoms with E-state index in [2.05, 4.69) is 32.8 Å². The number of anilines is 2. The van der Waals surface area contributed by atoms with Crippen molar-refractivity contribution in [2.45, 2.75) is 25.7 Å². The summed E-state index contributed by atoms with van der Waals surface area (Å²) in [6, 6.07) is 13.3. The van der Waals surface area contributed by atoms with Crippen LogP contribution in [-0.4, -0.2) is 42.5 Å². The second-order valence-corrected chi connectivity index (χ2v) is 8.04. The number of fused-ring (bicyclic) bond motifs is 1. The molecule has 0 saturated carbocycles. The lowest BCUT2D eigenvalue weighted by Crippen LogP contribution is -2.18. The highest BCUT2D eigenvalue weighted by atomic mass is 16.5. The molecule has 1 aliphatic heterocycles. The van der Waals surface area contributed by atoms with Gasteiger partial charge in [-0.3, -0.25) is 9.59 Å². The molecule has 0 radical (unpaired) electrons. The summed E-state index contributed by atoms with van der Waals surface area (Å²) in [5.74, 6) is 1.53. The van der Waals surface area contributed by atoms with E-state index < -0.39 is 0 Å². The molecule has 0 bridgehead atoms. The molecule has 2 aromatic carbocycles. The average molecular weight is 446 g/mol. The molecule has 0 spiro atoms. The van der Waals surface area contributed by atoms with E-state index in [1.165, 1.54) is 6.33 Å². The summed E-state index contributed by atoms with van der Waals surface area (Å²) in [4.78, 5) is 32.2. The second-order valence-electron chi connectivity index (χ2n) is 8.04. The Morgan fingerprint density at radius 1 is 1.18 bits per heavy atom. The highest BCUT2D eigenvalue weighted by Crippen LogP contribution is 2.31. The Kier molecular flexibility index (Phi) is 6.53. The molecule has 0 aliphatic carbocycles. The number of hydrogen-bond acceptors (Lipinski definition) is 6.